The first kappa shape index (κ1) is 12.9. The van der Waals surface area contributed by atoms with Crippen molar-refractivity contribution < 1.29 is 4.39 Å². The van der Waals surface area contributed by atoms with Crippen molar-refractivity contribution in [1.29, 1.82) is 0 Å². The van der Waals surface area contributed by atoms with Gasteiger partial charge in [0.25, 0.3) is 0 Å². The van der Waals surface area contributed by atoms with E-state index in [4.69, 9.17) is 17.3 Å². The van der Waals surface area contributed by atoms with Crippen molar-refractivity contribution in [3.05, 3.63) is 63.4 Å². The predicted octanol–water partition coefficient (Wildman–Crippen LogP) is 4.27. The van der Waals surface area contributed by atoms with Crippen LogP contribution in [0, 0.1) is 19.7 Å². The van der Waals surface area contributed by atoms with Crippen LogP contribution in [-0.2, 0) is 6.42 Å². The van der Waals surface area contributed by atoms with Crippen LogP contribution < -0.4 is 5.73 Å². The number of rotatable bonds is 2. The van der Waals surface area contributed by atoms with Gasteiger partial charge in [-0.15, -0.1) is 0 Å². The zero-order valence-corrected chi connectivity index (χ0v) is 11.2. The molecule has 0 heterocycles. The van der Waals surface area contributed by atoms with E-state index in [1.807, 2.05) is 26.0 Å². The Kier molecular flexibility index (Phi) is 3.58. The van der Waals surface area contributed by atoms with Crippen molar-refractivity contribution in [2.75, 3.05) is 5.73 Å². The Morgan fingerprint density at radius 2 is 1.83 bits per heavy atom. The van der Waals surface area contributed by atoms with E-state index < -0.39 is 0 Å². The molecular weight excluding hydrogens is 249 g/mol. The quantitative estimate of drug-likeness (QED) is 0.805. The molecule has 0 aliphatic rings. The van der Waals surface area contributed by atoms with E-state index in [1.165, 1.54) is 6.07 Å². The molecule has 0 aliphatic carbocycles. The third kappa shape index (κ3) is 2.65. The molecule has 0 unspecified atom stereocenters. The molecule has 0 fully saturated rings. The maximum atomic E-state index is 13.3. The van der Waals surface area contributed by atoms with Crippen LogP contribution in [0.1, 0.15) is 22.3 Å². The number of hydrogen-bond acceptors (Lipinski definition) is 1. The van der Waals surface area contributed by atoms with Gasteiger partial charge in [0.1, 0.15) is 5.82 Å². The lowest BCUT2D eigenvalue weighted by atomic mass is 9.98. The lowest BCUT2D eigenvalue weighted by Gasteiger charge is -2.11. The summed E-state index contributed by atoms with van der Waals surface area (Å²) in [4.78, 5) is 0. The van der Waals surface area contributed by atoms with Crippen molar-refractivity contribution in [3.8, 4) is 0 Å². The number of aryl methyl sites for hydroxylation is 2. The highest BCUT2D eigenvalue weighted by Gasteiger charge is 2.08. The molecule has 0 aliphatic heterocycles. The lowest BCUT2D eigenvalue weighted by Crippen LogP contribution is -1.97. The maximum absolute atomic E-state index is 13.3. The first-order valence-electron chi connectivity index (χ1n) is 5.77. The molecule has 1 nitrogen and oxygen atoms in total. The summed E-state index contributed by atoms with van der Waals surface area (Å²) in [5.74, 6) is -0.229. The van der Waals surface area contributed by atoms with Gasteiger partial charge in [0.15, 0.2) is 0 Å². The van der Waals surface area contributed by atoms with Gasteiger partial charge in [-0.1, -0.05) is 23.7 Å². The van der Waals surface area contributed by atoms with E-state index in [0.29, 0.717) is 17.1 Å². The predicted molar refractivity (Wildman–Crippen MR) is 74.5 cm³/mol. The zero-order valence-electron chi connectivity index (χ0n) is 10.4. The van der Waals surface area contributed by atoms with E-state index in [9.17, 15) is 4.39 Å². The SMILES string of the molecule is Cc1cc(N)c(Cl)c(Cc2cc(F)ccc2C)c1. The van der Waals surface area contributed by atoms with E-state index in [-0.39, 0.29) is 5.82 Å². The van der Waals surface area contributed by atoms with Crippen LogP contribution >= 0.6 is 11.6 Å². The molecule has 18 heavy (non-hydrogen) atoms. The van der Waals surface area contributed by atoms with Crippen LogP contribution in [0.25, 0.3) is 0 Å². The minimum Gasteiger partial charge on any atom is -0.398 e. The summed E-state index contributed by atoms with van der Waals surface area (Å²) < 4.78 is 13.3. The highest BCUT2D eigenvalue weighted by atomic mass is 35.5. The first-order valence-corrected chi connectivity index (χ1v) is 6.14. The average Bonchev–Trinajstić information content (AvgIpc) is 2.30. The van der Waals surface area contributed by atoms with Gasteiger partial charge in [-0.05, 0) is 60.7 Å². The number of halogens is 2. The number of nitrogens with two attached hydrogens (primary N) is 1. The highest BCUT2D eigenvalue weighted by molar-refractivity contribution is 6.33. The van der Waals surface area contributed by atoms with Crippen LogP contribution in [0.5, 0.6) is 0 Å². The van der Waals surface area contributed by atoms with Crippen LogP contribution in [0.2, 0.25) is 5.02 Å². The number of benzene rings is 2. The molecule has 0 saturated heterocycles. The van der Waals surface area contributed by atoms with Crippen LogP contribution in [0.15, 0.2) is 30.3 Å². The Labute approximate surface area is 111 Å². The molecule has 3 heteroatoms. The van der Waals surface area contributed by atoms with Gasteiger partial charge in [-0.25, -0.2) is 4.39 Å². The summed E-state index contributed by atoms with van der Waals surface area (Å²) in [6.07, 6.45) is 0.592. The molecule has 0 radical (unpaired) electrons. The smallest absolute Gasteiger partial charge is 0.123 e. The van der Waals surface area contributed by atoms with Crippen molar-refractivity contribution in [2.24, 2.45) is 0 Å². The van der Waals surface area contributed by atoms with Gasteiger partial charge < -0.3 is 5.73 Å². The monoisotopic (exact) mass is 263 g/mol. The van der Waals surface area contributed by atoms with Crippen molar-refractivity contribution in [3.63, 3.8) is 0 Å². The van der Waals surface area contributed by atoms with E-state index in [0.717, 1.165) is 22.3 Å². The average molecular weight is 264 g/mol. The molecule has 0 atom stereocenters. The number of anilines is 1. The Morgan fingerprint density at radius 1 is 1.11 bits per heavy atom. The molecule has 0 aromatic heterocycles. The second kappa shape index (κ2) is 4.99. The Hall–Kier alpha value is -1.54. The second-order valence-corrected chi connectivity index (χ2v) is 4.95. The Balaban J connectivity index is 2.43. The van der Waals surface area contributed by atoms with Crippen molar-refractivity contribution in [1.82, 2.24) is 0 Å². The van der Waals surface area contributed by atoms with Gasteiger partial charge in [0.2, 0.25) is 0 Å². The van der Waals surface area contributed by atoms with E-state index >= 15 is 0 Å². The molecule has 2 N–H and O–H groups in total. The molecule has 2 rings (SSSR count). The minimum absolute atomic E-state index is 0.229. The molecule has 2 aromatic carbocycles. The topological polar surface area (TPSA) is 26.0 Å². The molecule has 0 bridgehead atoms. The van der Waals surface area contributed by atoms with Gasteiger partial charge in [0.05, 0.1) is 10.7 Å². The molecule has 94 valence electrons. The van der Waals surface area contributed by atoms with Crippen LogP contribution in [-0.4, -0.2) is 0 Å². The third-order valence-corrected chi connectivity index (χ3v) is 3.47. The summed E-state index contributed by atoms with van der Waals surface area (Å²) in [5.41, 5.74) is 10.4. The maximum Gasteiger partial charge on any atom is 0.123 e. The van der Waals surface area contributed by atoms with Crippen LogP contribution in [0.4, 0.5) is 10.1 Å². The zero-order chi connectivity index (χ0) is 13.3. The van der Waals surface area contributed by atoms with Gasteiger partial charge >= 0.3 is 0 Å². The standard InChI is InChI=1S/C15H15ClFN/c1-9-5-12(15(16)14(18)6-9)7-11-8-13(17)4-3-10(11)2/h3-6,8H,7,18H2,1-2H3. The van der Waals surface area contributed by atoms with Gasteiger partial charge in [-0.2, -0.15) is 0 Å². The minimum atomic E-state index is -0.229. The third-order valence-electron chi connectivity index (χ3n) is 3.01. The van der Waals surface area contributed by atoms with E-state index in [2.05, 4.69) is 0 Å². The normalized spacial score (nSPS) is 10.7. The molecule has 2 aromatic rings. The highest BCUT2D eigenvalue weighted by Crippen LogP contribution is 2.28. The summed E-state index contributed by atoms with van der Waals surface area (Å²) in [5, 5.41) is 0.560. The molecule has 0 amide bonds. The summed E-state index contributed by atoms with van der Waals surface area (Å²) in [7, 11) is 0. The largest absolute Gasteiger partial charge is 0.398 e. The molecule has 0 saturated carbocycles. The van der Waals surface area contributed by atoms with Crippen molar-refractivity contribution >= 4 is 17.3 Å². The fourth-order valence-corrected chi connectivity index (χ4v) is 2.21. The van der Waals surface area contributed by atoms with E-state index in [1.54, 1.807) is 12.1 Å². The summed E-state index contributed by atoms with van der Waals surface area (Å²) in [6.45, 7) is 3.93. The Bertz CT molecular complexity index is 593. The summed E-state index contributed by atoms with van der Waals surface area (Å²) >= 11 is 6.19. The van der Waals surface area contributed by atoms with Crippen LogP contribution in [0.3, 0.4) is 0 Å². The summed E-state index contributed by atoms with van der Waals surface area (Å²) in [6, 6.07) is 8.61. The fraction of sp³-hybridized carbons (Fsp3) is 0.200. The second-order valence-electron chi connectivity index (χ2n) is 4.57. The number of nitrogen functional groups attached to an aromatic ring is 1. The van der Waals surface area contributed by atoms with Gasteiger partial charge in [0, 0.05) is 0 Å². The van der Waals surface area contributed by atoms with Gasteiger partial charge in [-0.3, -0.25) is 0 Å². The fourth-order valence-electron chi connectivity index (χ4n) is 2.04. The Morgan fingerprint density at radius 3 is 2.56 bits per heavy atom. The van der Waals surface area contributed by atoms with Crippen molar-refractivity contribution in [2.45, 2.75) is 20.3 Å². The number of hydrogen-bond donors (Lipinski definition) is 1. The lowest BCUT2D eigenvalue weighted by molar-refractivity contribution is 0.625. The first-order chi connectivity index (χ1) is 8.47. The molecule has 0 spiro atoms. The molecular formula is C15H15ClFN.